The number of hydrogen-bond donors (Lipinski definition) is 1. The molecule has 0 atom stereocenters. The lowest BCUT2D eigenvalue weighted by atomic mass is 9.89. The lowest BCUT2D eigenvalue weighted by Crippen LogP contribution is -2.27. The van der Waals surface area contributed by atoms with Gasteiger partial charge in [-0.25, -0.2) is 13.1 Å². The molecule has 4 heteroatoms. The van der Waals surface area contributed by atoms with E-state index in [-0.39, 0.29) is 11.8 Å². The molecule has 0 fully saturated rings. The molecule has 1 aromatic rings. The molecule has 0 aromatic heterocycles. The molecular weight excluding hydrogens is 318 g/mol. The van der Waals surface area contributed by atoms with Crippen molar-refractivity contribution in [3.05, 3.63) is 41.0 Å². The molecular formula is C20H33NO2S. The minimum absolute atomic E-state index is 0.156. The number of benzene rings is 1. The highest BCUT2D eigenvalue weighted by Gasteiger charge is 2.26. The quantitative estimate of drug-likeness (QED) is 0.510. The number of hydrogen-bond acceptors (Lipinski definition) is 2. The first-order chi connectivity index (χ1) is 11.1. The van der Waals surface area contributed by atoms with Crippen LogP contribution in [0.4, 0.5) is 0 Å². The van der Waals surface area contributed by atoms with Crippen LogP contribution < -0.4 is 4.72 Å². The fourth-order valence-electron chi connectivity index (χ4n) is 2.72. The number of rotatable bonds is 8. The summed E-state index contributed by atoms with van der Waals surface area (Å²) in [6.07, 6.45) is 4.61. The highest BCUT2D eigenvalue weighted by Crippen LogP contribution is 2.34. The van der Waals surface area contributed by atoms with Crippen LogP contribution in [0.5, 0.6) is 0 Å². The molecule has 1 rings (SSSR count). The molecule has 3 nitrogen and oxygen atoms in total. The van der Waals surface area contributed by atoms with Gasteiger partial charge in [-0.3, -0.25) is 0 Å². The van der Waals surface area contributed by atoms with Crippen LogP contribution in [0.3, 0.4) is 0 Å². The van der Waals surface area contributed by atoms with Crippen molar-refractivity contribution in [2.45, 2.75) is 77.5 Å². The number of nitrogens with one attached hydrogen (secondary N) is 1. The Morgan fingerprint density at radius 1 is 0.958 bits per heavy atom. The van der Waals surface area contributed by atoms with Crippen molar-refractivity contribution < 1.29 is 8.42 Å². The molecule has 0 amide bonds. The first kappa shape index (κ1) is 20.9. The van der Waals surface area contributed by atoms with Gasteiger partial charge in [-0.1, -0.05) is 65.8 Å². The van der Waals surface area contributed by atoms with Gasteiger partial charge in [0.2, 0.25) is 10.0 Å². The Morgan fingerprint density at radius 2 is 1.46 bits per heavy atom. The van der Waals surface area contributed by atoms with E-state index in [4.69, 9.17) is 0 Å². The summed E-state index contributed by atoms with van der Waals surface area (Å²) in [5.74, 6) is 0.686. The fourth-order valence-corrected chi connectivity index (χ4v) is 4.46. The van der Waals surface area contributed by atoms with Gasteiger partial charge in [0.15, 0.2) is 0 Å². The second kappa shape index (κ2) is 8.82. The van der Waals surface area contributed by atoms with Crippen LogP contribution in [-0.2, 0) is 10.0 Å². The van der Waals surface area contributed by atoms with Crippen molar-refractivity contribution in [2.75, 3.05) is 6.54 Å². The second-order valence-electron chi connectivity index (χ2n) is 7.25. The summed E-state index contributed by atoms with van der Waals surface area (Å²) < 4.78 is 28.8. The normalized spacial score (nSPS) is 12.9. The summed E-state index contributed by atoms with van der Waals surface area (Å²) in [4.78, 5) is 0.484. The van der Waals surface area contributed by atoms with E-state index in [1.54, 1.807) is 0 Å². The zero-order chi connectivity index (χ0) is 18.5. The summed E-state index contributed by atoms with van der Waals surface area (Å²) in [5, 5.41) is 0. The summed E-state index contributed by atoms with van der Waals surface area (Å²) >= 11 is 0. The smallest absolute Gasteiger partial charge is 0.211 e. The summed E-state index contributed by atoms with van der Waals surface area (Å²) in [6, 6.07) is 4.14. The van der Waals surface area contributed by atoms with Gasteiger partial charge in [-0.05, 0) is 47.8 Å². The van der Waals surface area contributed by atoms with Gasteiger partial charge in [0, 0.05) is 6.54 Å². The Hall–Kier alpha value is -1.13. The molecule has 0 radical (unpaired) electrons. The third-order valence-corrected chi connectivity index (χ3v) is 5.78. The van der Waals surface area contributed by atoms with Crippen molar-refractivity contribution in [1.82, 2.24) is 4.72 Å². The molecule has 0 aliphatic heterocycles. The number of allylic oxidation sites excluding steroid dienone is 1. The standard InChI is InChI=1S/C20H33NO2S/c1-8-9-10-11-21-24(22,23)20-18(15(4)5)12-17(14(2)3)13-19(20)16(6)7/h8-9,12-16,21H,10-11H2,1-7H3/b9-8+. The van der Waals surface area contributed by atoms with E-state index < -0.39 is 10.0 Å². The van der Waals surface area contributed by atoms with Crippen molar-refractivity contribution in [3.8, 4) is 0 Å². The van der Waals surface area contributed by atoms with Crippen LogP contribution >= 0.6 is 0 Å². The van der Waals surface area contributed by atoms with Crippen LogP contribution in [0, 0.1) is 0 Å². The first-order valence-electron chi connectivity index (χ1n) is 8.90. The van der Waals surface area contributed by atoms with Crippen molar-refractivity contribution in [1.29, 1.82) is 0 Å². The zero-order valence-corrected chi connectivity index (χ0v) is 17.0. The maximum atomic E-state index is 13.0. The van der Waals surface area contributed by atoms with Gasteiger partial charge < -0.3 is 0 Å². The minimum atomic E-state index is -3.52. The van der Waals surface area contributed by atoms with Gasteiger partial charge >= 0.3 is 0 Å². The van der Waals surface area contributed by atoms with E-state index in [2.05, 4.69) is 58.4 Å². The van der Waals surface area contributed by atoms with Crippen molar-refractivity contribution in [2.24, 2.45) is 0 Å². The monoisotopic (exact) mass is 351 g/mol. The Balaban J connectivity index is 3.48. The van der Waals surface area contributed by atoms with Gasteiger partial charge in [0.25, 0.3) is 0 Å². The van der Waals surface area contributed by atoms with Crippen LogP contribution in [0.1, 0.15) is 89.3 Å². The highest BCUT2D eigenvalue weighted by atomic mass is 32.2. The van der Waals surface area contributed by atoms with Gasteiger partial charge in [0.05, 0.1) is 4.90 Å². The predicted molar refractivity (Wildman–Crippen MR) is 103 cm³/mol. The third kappa shape index (κ3) is 5.18. The lowest BCUT2D eigenvalue weighted by Gasteiger charge is -2.22. The van der Waals surface area contributed by atoms with E-state index in [1.165, 1.54) is 5.56 Å². The molecule has 1 aromatic carbocycles. The molecule has 136 valence electrons. The number of sulfonamides is 1. The van der Waals surface area contributed by atoms with Crippen molar-refractivity contribution >= 4 is 10.0 Å². The second-order valence-corrected chi connectivity index (χ2v) is 8.95. The molecule has 1 N–H and O–H groups in total. The average molecular weight is 352 g/mol. The summed E-state index contributed by atoms with van der Waals surface area (Å²) in [5.41, 5.74) is 3.04. The van der Waals surface area contributed by atoms with E-state index >= 15 is 0 Å². The molecule has 0 heterocycles. The van der Waals surface area contributed by atoms with E-state index in [1.807, 2.05) is 19.1 Å². The molecule has 0 saturated heterocycles. The molecule has 0 unspecified atom stereocenters. The average Bonchev–Trinajstić information content (AvgIpc) is 2.50. The van der Waals surface area contributed by atoms with Crippen LogP contribution in [0.2, 0.25) is 0 Å². The Bertz CT molecular complexity index is 642. The van der Waals surface area contributed by atoms with Crippen LogP contribution in [0.25, 0.3) is 0 Å². The third-order valence-electron chi connectivity index (χ3n) is 4.19. The predicted octanol–water partition coefficient (Wildman–Crippen LogP) is 5.30. The summed E-state index contributed by atoms with van der Waals surface area (Å²) in [6.45, 7) is 14.9. The molecule has 0 spiro atoms. The maximum Gasteiger partial charge on any atom is 0.241 e. The molecule has 24 heavy (non-hydrogen) atoms. The Morgan fingerprint density at radius 3 is 1.83 bits per heavy atom. The van der Waals surface area contributed by atoms with Gasteiger partial charge in [0.1, 0.15) is 0 Å². The topological polar surface area (TPSA) is 46.2 Å². The van der Waals surface area contributed by atoms with E-state index in [0.717, 1.165) is 11.1 Å². The Labute approximate surface area is 148 Å². The molecule has 0 saturated carbocycles. The van der Waals surface area contributed by atoms with Crippen LogP contribution in [-0.4, -0.2) is 15.0 Å². The van der Waals surface area contributed by atoms with Gasteiger partial charge in [-0.15, -0.1) is 0 Å². The van der Waals surface area contributed by atoms with E-state index in [0.29, 0.717) is 23.8 Å². The first-order valence-corrected chi connectivity index (χ1v) is 10.4. The molecule has 0 bridgehead atoms. The molecule has 0 aliphatic carbocycles. The SMILES string of the molecule is C/C=C/CCNS(=O)(=O)c1c(C(C)C)cc(C(C)C)cc1C(C)C. The molecule has 0 aliphatic rings. The van der Waals surface area contributed by atoms with Crippen LogP contribution in [0.15, 0.2) is 29.2 Å². The largest absolute Gasteiger partial charge is 0.241 e. The maximum absolute atomic E-state index is 13.0. The zero-order valence-electron chi connectivity index (χ0n) is 16.2. The lowest BCUT2D eigenvalue weighted by molar-refractivity contribution is 0.576. The Kier molecular flexibility index (Phi) is 7.68. The highest BCUT2D eigenvalue weighted by molar-refractivity contribution is 7.89. The van der Waals surface area contributed by atoms with E-state index in [9.17, 15) is 8.42 Å². The fraction of sp³-hybridized carbons (Fsp3) is 0.600. The minimum Gasteiger partial charge on any atom is -0.211 e. The van der Waals surface area contributed by atoms with Crippen molar-refractivity contribution in [3.63, 3.8) is 0 Å². The summed E-state index contributed by atoms with van der Waals surface area (Å²) in [7, 11) is -3.52. The van der Waals surface area contributed by atoms with Gasteiger partial charge in [-0.2, -0.15) is 0 Å².